The molecule has 8 heteroatoms. The maximum atomic E-state index is 9.55. The molecule has 0 spiro atoms. The number of rotatable bonds is 1. The van der Waals surface area contributed by atoms with Crippen molar-refractivity contribution >= 4 is 65.1 Å². The maximum absolute atomic E-state index is 9.55. The van der Waals surface area contributed by atoms with Gasteiger partial charge in [-0.2, -0.15) is 0 Å². The zero-order valence-corrected chi connectivity index (χ0v) is 8.37. The van der Waals surface area contributed by atoms with E-state index in [1.165, 1.54) is 0 Å². The van der Waals surface area contributed by atoms with E-state index in [9.17, 15) is 4.79 Å². The molecule has 0 bridgehead atoms. The Morgan fingerprint density at radius 2 is 1.44 bits per heavy atom. The van der Waals surface area contributed by atoms with E-state index in [1.807, 2.05) is 0 Å². The quantitative estimate of drug-likeness (QED) is 0.391. The van der Waals surface area contributed by atoms with Crippen LogP contribution in [0.3, 0.4) is 0 Å². The Bertz CT molecular complexity index is 170. The number of halogens is 5. The van der Waals surface area contributed by atoms with E-state index >= 15 is 0 Å². The second kappa shape index (κ2) is 1.89. The third-order valence-corrected chi connectivity index (χ3v) is 1.82. The summed E-state index contributed by atoms with van der Waals surface area (Å²) < 4.78 is -2.49. The van der Waals surface area contributed by atoms with Crippen molar-refractivity contribution in [2.24, 2.45) is 4.76 Å². The summed E-state index contributed by atoms with van der Waals surface area (Å²) in [6.45, 7) is 0. The first-order valence-electron chi connectivity index (χ1n) is 1.47. The standard InChI is InChI=1S/CCl5NOP/c2-9(3,4,5,6)7-1-8/q-1. The monoisotopic (exact) mass is 248 g/mol. The molecule has 2 nitrogen and oxygen atoms in total. The van der Waals surface area contributed by atoms with E-state index in [4.69, 9.17) is 56.2 Å². The van der Waals surface area contributed by atoms with Gasteiger partial charge in [0.2, 0.25) is 0 Å². The molecule has 0 radical (unpaired) electrons. The van der Waals surface area contributed by atoms with Crippen LogP contribution in [0.15, 0.2) is 4.76 Å². The van der Waals surface area contributed by atoms with Crippen molar-refractivity contribution < 1.29 is 4.79 Å². The van der Waals surface area contributed by atoms with Crippen LogP contribution in [0.4, 0.5) is 0 Å². The molecule has 0 heterocycles. The second-order valence-corrected chi connectivity index (χ2v) is 21.0. The van der Waals surface area contributed by atoms with Gasteiger partial charge >= 0.3 is 74.7 Å². The minimum atomic E-state index is -5.17. The topological polar surface area (TPSA) is 29.4 Å². The zero-order valence-electron chi connectivity index (χ0n) is 3.69. The van der Waals surface area contributed by atoms with Crippen molar-refractivity contribution in [1.82, 2.24) is 0 Å². The van der Waals surface area contributed by atoms with E-state index in [1.54, 1.807) is 0 Å². The first-order valence-corrected chi connectivity index (χ1v) is 8.63. The van der Waals surface area contributed by atoms with E-state index in [0.29, 0.717) is 0 Å². The molecule has 9 heavy (non-hydrogen) atoms. The number of nitrogens with zero attached hydrogens (tertiary/aromatic N) is 1. The van der Waals surface area contributed by atoms with Gasteiger partial charge in [-0.15, -0.1) is 0 Å². The molecule has 0 fully saturated rings. The number of hydrogen-bond donors (Lipinski definition) is 0. The number of carbonyl (C=O) groups excluding carboxylic acids is 1. The van der Waals surface area contributed by atoms with Gasteiger partial charge in [-0.05, 0) is 0 Å². The van der Waals surface area contributed by atoms with Crippen molar-refractivity contribution in [3.8, 4) is 0 Å². The van der Waals surface area contributed by atoms with Crippen molar-refractivity contribution in [3.63, 3.8) is 0 Å². The van der Waals surface area contributed by atoms with Gasteiger partial charge in [-0.3, -0.25) is 0 Å². The molecule has 0 N–H and O–H groups in total. The fourth-order valence-corrected chi connectivity index (χ4v) is 0.694. The zero-order chi connectivity index (χ0) is 7.82. The van der Waals surface area contributed by atoms with Gasteiger partial charge < -0.3 is 0 Å². The summed E-state index contributed by atoms with van der Waals surface area (Å²) >= 11 is 25.6. The van der Waals surface area contributed by atoms with E-state index in [2.05, 4.69) is 4.76 Å². The van der Waals surface area contributed by atoms with E-state index < -0.39 is 2.86 Å². The van der Waals surface area contributed by atoms with Crippen LogP contribution in [-0.2, 0) is 4.79 Å². The van der Waals surface area contributed by atoms with Gasteiger partial charge in [0.1, 0.15) is 0 Å². The molecule has 0 aliphatic rings. The Kier molecular flexibility index (Phi) is 2.16. The van der Waals surface area contributed by atoms with Gasteiger partial charge in [0.25, 0.3) is 0 Å². The predicted octanol–water partition coefficient (Wildman–Crippen LogP) is 4.10. The summed E-state index contributed by atoms with van der Waals surface area (Å²) in [4.78, 5) is 9.55. The van der Waals surface area contributed by atoms with Gasteiger partial charge in [0.05, 0.1) is 0 Å². The van der Waals surface area contributed by atoms with Crippen molar-refractivity contribution in [2.75, 3.05) is 0 Å². The average Bonchev–Trinajstić information content (AvgIpc) is 1.22. The summed E-state index contributed by atoms with van der Waals surface area (Å²) in [5, 5.41) is 0. The molecule has 56 valence electrons. The molecular formula is CCl5NOP-. The van der Waals surface area contributed by atoms with Gasteiger partial charge in [-0.1, -0.05) is 0 Å². The van der Waals surface area contributed by atoms with E-state index in [-0.39, 0.29) is 0 Å². The van der Waals surface area contributed by atoms with Crippen LogP contribution in [0.1, 0.15) is 0 Å². The fourth-order valence-electron chi connectivity index (χ4n) is 0.0772. The van der Waals surface area contributed by atoms with Crippen molar-refractivity contribution in [2.45, 2.75) is 0 Å². The molecule has 0 unspecified atom stereocenters. The van der Waals surface area contributed by atoms with Crippen LogP contribution < -0.4 is 0 Å². The molecule has 0 rings (SSSR count). The van der Waals surface area contributed by atoms with Crippen LogP contribution in [-0.4, -0.2) is 6.08 Å². The molecule has 0 aromatic rings. The average molecular weight is 250 g/mol. The first kappa shape index (κ1) is 10.3. The molecular weight excluding hydrogens is 250 g/mol. The molecule has 0 aliphatic carbocycles. The van der Waals surface area contributed by atoms with Gasteiger partial charge in [0.15, 0.2) is 0 Å². The van der Waals surface area contributed by atoms with Crippen LogP contribution >= 0.6 is 59.1 Å². The summed E-state index contributed by atoms with van der Waals surface area (Å²) in [6.07, 6.45) is 0.965. The van der Waals surface area contributed by atoms with E-state index in [0.717, 1.165) is 6.08 Å². The predicted molar refractivity (Wildman–Crippen MR) is 44.3 cm³/mol. The Morgan fingerprint density at radius 3 is 1.44 bits per heavy atom. The first-order chi connectivity index (χ1) is 3.54. The van der Waals surface area contributed by atoms with Crippen LogP contribution in [0, 0.1) is 0 Å². The Morgan fingerprint density at radius 1 is 1.11 bits per heavy atom. The summed E-state index contributed by atoms with van der Waals surface area (Å²) in [6, 6.07) is 0. The molecule has 0 aromatic carbocycles. The molecule has 0 aromatic heterocycles. The van der Waals surface area contributed by atoms with Crippen molar-refractivity contribution in [3.05, 3.63) is 0 Å². The fraction of sp³-hybridized carbons (Fsp3) is 0. The summed E-state index contributed by atoms with van der Waals surface area (Å²) in [5.74, 6) is 0. The Hall–Kier alpha value is 1.26. The number of isocyanates is 1. The molecule has 0 amide bonds. The number of hydrogen-bond acceptors (Lipinski definition) is 2. The SMILES string of the molecule is O=C=N[P-](Cl)(Cl)(Cl)(Cl)Cl. The second-order valence-electron chi connectivity index (χ2n) is 1.21. The van der Waals surface area contributed by atoms with Crippen LogP contribution in [0.25, 0.3) is 0 Å². The summed E-state index contributed by atoms with van der Waals surface area (Å²) in [5.41, 5.74) is 0. The molecule has 0 atom stereocenters. The van der Waals surface area contributed by atoms with Crippen LogP contribution in [0.2, 0.25) is 0 Å². The Labute approximate surface area is 74.6 Å². The van der Waals surface area contributed by atoms with Gasteiger partial charge in [-0.25, -0.2) is 0 Å². The van der Waals surface area contributed by atoms with Gasteiger partial charge in [0, 0.05) is 0 Å². The normalized spacial score (nSPS) is 19.2. The molecule has 0 saturated heterocycles. The van der Waals surface area contributed by atoms with Crippen LogP contribution in [0.5, 0.6) is 0 Å². The minimum absolute atomic E-state index is 0.965. The summed E-state index contributed by atoms with van der Waals surface area (Å²) in [7, 11) is 0. The third kappa shape index (κ3) is 9.26. The third-order valence-electron chi connectivity index (χ3n) is 0.230. The molecule has 0 aliphatic heterocycles. The Balaban J connectivity index is 4.99. The van der Waals surface area contributed by atoms with Crippen molar-refractivity contribution in [1.29, 1.82) is 0 Å². The molecule has 0 saturated carbocycles.